The van der Waals surface area contributed by atoms with Crippen LogP contribution in [0.4, 0.5) is 11.6 Å². The highest BCUT2D eigenvalue weighted by Gasteiger charge is 2.08. The Balaban J connectivity index is 1.54. The number of hydrogen-bond acceptors (Lipinski definition) is 6. The number of halogens is 2. The molecule has 3 aromatic carbocycles. The normalized spacial score (nSPS) is 11.4. The van der Waals surface area contributed by atoms with Gasteiger partial charge in [-0.3, -0.25) is 10.9 Å². The maximum absolute atomic E-state index is 6.00. The summed E-state index contributed by atoms with van der Waals surface area (Å²) < 4.78 is 0. The van der Waals surface area contributed by atoms with Crippen LogP contribution in [0.1, 0.15) is 11.1 Å². The van der Waals surface area contributed by atoms with Gasteiger partial charge in [0.1, 0.15) is 0 Å². The quantitative estimate of drug-likeness (QED) is 0.295. The molecule has 0 atom stereocenters. The molecule has 0 aliphatic rings. The van der Waals surface area contributed by atoms with Crippen molar-refractivity contribution in [2.24, 2.45) is 10.2 Å². The minimum absolute atomic E-state index is 0.535. The van der Waals surface area contributed by atoms with Gasteiger partial charge in [0, 0.05) is 20.8 Å². The van der Waals surface area contributed by atoms with Crippen molar-refractivity contribution in [1.82, 2.24) is 10.2 Å². The lowest BCUT2D eigenvalue weighted by Gasteiger charge is -2.08. The Hall–Kier alpha value is -3.48. The summed E-state index contributed by atoms with van der Waals surface area (Å²) in [6.07, 6.45) is 3.34. The standard InChI is InChI=1S/C22H16Cl2N6/c23-17-7-3-5-15(11-17)13-25-27-21-19-9-1-2-10-20(19)22(30-29-21)28-26-14-16-6-4-8-18(24)12-16/h1-14H,(H,27,29)(H,28,30)/b25-13+,26-14+. The van der Waals surface area contributed by atoms with Gasteiger partial charge in [-0.25, -0.2) is 0 Å². The third-order valence-corrected chi connectivity index (χ3v) is 4.62. The third-order valence-electron chi connectivity index (χ3n) is 4.15. The van der Waals surface area contributed by atoms with E-state index >= 15 is 0 Å². The van der Waals surface area contributed by atoms with Crippen LogP contribution >= 0.6 is 23.2 Å². The van der Waals surface area contributed by atoms with Crippen LogP contribution in [0.2, 0.25) is 10.0 Å². The van der Waals surface area contributed by atoms with Gasteiger partial charge in [0.05, 0.1) is 12.4 Å². The van der Waals surface area contributed by atoms with Gasteiger partial charge in [-0.05, 0) is 35.4 Å². The Morgan fingerprint density at radius 1 is 0.633 bits per heavy atom. The van der Waals surface area contributed by atoms with Crippen LogP contribution in [0.15, 0.2) is 83.0 Å². The zero-order valence-corrected chi connectivity index (χ0v) is 17.1. The minimum Gasteiger partial charge on any atom is -0.259 e. The molecule has 0 spiro atoms. The van der Waals surface area contributed by atoms with Crippen molar-refractivity contribution in [3.8, 4) is 0 Å². The second-order valence-corrected chi connectivity index (χ2v) is 7.17. The number of aromatic nitrogens is 2. The summed E-state index contributed by atoms with van der Waals surface area (Å²) >= 11 is 12.0. The highest BCUT2D eigenvalue weighted by molar-refractivity contribution is 6.31. The maximum Gasteiger partial charge on any atom is 0.176 e. The van der Waals surface area contributed by atoms with E-state index in [1.807, 2.05) is 72.8 Å². The summed E-state index contributed by atoms with van der Waals surface area (Å²) in [7, 11) is 0. The Morgan fingerprint density at radius 3 is 1.53 bits per heavy atom. The molecule has 1 aromatic heterocycles. The first-order valence-corrected chi connectivity index (χ1v) is 9.79. The average molecular weight is 435 g/mol. The van der Waals surface area contributed by atoms with Gasteiger partial charge in [-0.15, -0.1) is 10.2 Å². The molecule has 8 heteroatoms. The molecule has 0 amide bonds. The van der Waals surface area contributed by atoms with E-state index in [-0.39, 0.29) is 0 Å². The van der Waals surface area contributed by atoms with Gasteiger partial charge in [0.15, 0.2) is 11.6 Å². The van der Waals surface area contributed by atoms with Gasteiger partial charge in [0.2, 0.25) is 0 Å². The summed E-state index contributed by atoms with van der Waals surface area (Å²) in [6.45, 7) is 0. The van der Waals surface area contributed by atoms with E-state index in [0.29, 0.717) is 21.7 Å². The van der Waals surface area contributed by atoms with Crippen molar-refractivity contribution in [2.75, 3.05) is 10.9 Å². The molecule has 4 rings (SSSR count). The number of nitrogens with zero attached hydrogens (tertiary/aromatic N) is 4. The number of rotatable bonds is 6. The molecule has 148 valence electrons. The van der Waals surface area contributed by atoms with E-state index in [1.165, 1.54) is 0 Å². The molecule has 0 saturated carbocycles. The summed E-state index contributed by atoms with van der Waals surface area (Å²) in [5.41, 5.74) is 7.64. The molecular weight excluding hydrogens is 419 g/mol. The molecule has 0 aliphatic heterocycles. The molecule has 2 N–H and O–H groups in total. The van der Waals surface area contributed by atoms with Crippen LogP contribution in [-0.4, -0.2) is 22.6 Å². The van der Waals surface area contributed by atoms with E-state index in [9.17, 15) is 0 Å². The number of hydrogen-bond donors (Lipinski definition) is 2. The Kier molecular flexibility index (Phi) is 6.17. The average Bonchev–Trinajstić information content (AvgIpc) is 2.75. The number of benzene rings is 3. The molecule has 1 heterocycles. The maximum atomic E-state index is 6.00. The Bertz CT molecular complexity index is 1140. The first kappa shape index (κ1) is 19.8. The van der Waals surface area contributed by atoms with Crippen LogP contribution in [0, 0.1) is 0 Å². The molecule has 0 unspecified atom stereocenters. The van der Waals surface area contributed by atoms with Crippen molar-refractivity contribution in [3.05, 3.63) is 94.0 Å². The van der Waals surface area contributed by atoms with E-state index in [2.05, 4.69) is 31.3 Å². The molecule has 6 nitrogen and oxygen atoms in total. The summed E-state index contributed by atoms with van der Waals surface area (Å²) in [5, 5.41) is 20.0. The van der Waals surface area contributed by atoms with Crippen molar-refractivity contribution >= 4 is 58.0 Å². The fraction of sp³-hybridized carbons (Fsp3) is 0. The molecule has 30 heavy (non-hydrogen) atoms. The van der Waals surface area contributed by atoms with E-state index in [1.54, 1.807) is 12.4 Å². The predicted octanol–water partition coefficient (Wildman–Crippen LogP) is 5.83. The van der Waals surface area contributed by atoms with Crippen molar-refractivity contribution in [1.29, 1.82) is 0 Å². The van der Waals surface area contributed by atoms with Gasteiger partial charge in [-0.2, -0.15) is 10.2 Å². The lowest BCUT2D eigenvalue weighted by Crippen LogP contribution is -2.01. The highest BCUT2D eigenvalue weighted by atomic mass is 35.5. The smallest absolute Gasteiger partial charge is 0.176 e. The topological polar surface area (TPSA) is 74.6 Å². The minimum atomic E-state index is 0.535. The monoisotopic (exact) mass is 434 g/mol. The SMILES string of the molecule is Clc1cccc(/C=N/Nc2nnc(N/N=C/c3cccc(Cl)c3)c3ccccc23)c1. The Labute approximate surface area is 183 Å². The first-order valence-electron chi connectivity index (χ1n) is 9.04. The van der Waals surface area contributed by atoms with E-state index in [0.717, 1.165) is 21.9 Å². The molecule has 0 radical (unpaired) electrons. The number of fused-ring (bicyclic) bond motifs is 1. The van der Waals surface area contributed by atoms with Gasteiger partial charge in [-0.1, -0.05) is 71.7 Å². The molecule has 0 bridgehead atoms. The largest absolute Gasteiger partial charge is 0.259 e. The lowest BCUT2D eigenvalue weighted by atomic mass is 10.2. The molecular formula is C22H16Cl2N6. The van der Waals surface area contributed by atoms with Crippen molar-refractivity contribution < 1.29 is 0 Å². The zero-order chi connectivity index (χ0) is 20.8. The van der Waals surface area contributed by atoms with Crippen LogP contribution in [0.3, 0.4) is 0 Å². The van der Waals surface area contributed by atoms with Gasteiger partial charge in [0.25, 0.3) is 0 Å². The highest BCUT2D eigenvalue weighted by Crippen LogP contribution is 2.26. The van der Waals surface area contributed by atoms with Crippen LogP contribution in [0.5, 0.6) is 0 Å². The van der Waals surface area contributed by atoms with Gasteiger partial charge >= 0.3 is 0 Å². The molecule has 0 saturated heterocycles. The molecule has 0 fully saturated rings. The zero-order valence-electron chi connectivity index (χ0n) is 15.6. The van der Waals surface area contributed by atoms with E-state index < -0.39 is 0 Å². The van der Waals surface area contributed by atoms with Crippen molar-refractivity contribution in [3.63, 3.8) is 0 Å². The third kappa shape index (κ3) is 4.92. The molecule has 0 aliphatic carbocycles. The lowest BCUT2D eigenvalue weighted by molar-refractivity contribution is 1.03. The van der Waals surface area contributed by atoms with Crippen LogP contribution in [0.25, 0.3) is 10.8 Å². The number of anilines is 2. The predicted molar refractivity (Wildman–Crippen MR) is 125 cm³/mol. The fourth-order valence-corrected chi connectivity index (χ4v) is 3.18. The fourth-order valence-electron chi connectivity index (χ4n) is 2.78. The van der Waals surface area contributed by atoms with E-state index in [4.69, 9.17) is 23.2 Å². The van der Waals surface area contributed by atoms with Crippen molar-refractivity contribution in [2.45, 2.75) is 0 Å². The summed E-state index contributed by atoms with van der Waals surface area (Å²) in [6, 6.07) is 22.5. The van der Waals surface area contributed by atoms with Gasteiger partial charge < -0.3 is 0 Å². The number of nitrogens with one attached hydrogen (secondary N) is 2. The van der Waals surface area contributed by atoms with Crippen LogP contribution < -0.4 is 10.9 Å². The summed E-state index contributed by atoms with van der Waals surface area (Å²) in [4.78, 5) is 0. The summed E-state index contributed by atoms with van der Waals surface area (Å²) in [5.74, 6) is 1.07. The first-order chi connectivity index (χ1) is 14.7. The molecule has 4 aromatic rings. The van der Waals surface area contributed by atoms with Crippen LogP contribution in [-0.2, 0) is 0 Å². The second kappa shape index (κ2) is 9.35. The second-order valence-electron chi connectivity index (χ2n) is 6.29. The Morgan fingerprint density at radius 2 is 1.10 bits per heavy atom. The number of hydrazone groups is 2.